The first-order valence-corrected chi connectivity index (χ1v) is 7.47. The molecular formula is C16H26IN3O. The largest absolute Gasteiger partial charge is 0.497 e. The predicted molar refractivity (Wildman–Crippen MR) is 98.4 cm³/mol. The molecule has 0 spiro atoms. The fourth-order valence-corrected chi connectivity index (χ4v) is 2.59. The van der Waals surface area contributed by atoms with Crippen LogP contribution in [0, 0.1) is 0 Å². The first kappa shape index (κ1) is 18.1. The quantitative estimate of drug-likeness (QED) is 0.351. The molecule has 4 nitrogen and oxygen atoms in total. The topological polar surface area (TPSA) is 59.6 Å². The summed E-state index contributed by atoms with van der Waals surface area (Å²) in [7, 11) is 1.67. The summed E-state index contributed by atoms with van der Waals surface area (Å²) >= 11 is 0. The van der Waals surface area contributed by atoms with E-state index in [0.717, 1.165) is 11.3 Å². The van der Waals surface area contributed by atoms with Crippen molar-refractivity contribution in [2.75, 3.05) is 7.11 Å². The third kappa shape index (κ3) is 6.54. The van der Waals surface area contributed by atoms with E-state index in [2.05, 4.69) is 10.3 Å². The summed E-state index contributed by atoms with van der Waals surface area (Å²) in [5, 5.41) is 3.35. The molecule has 21 heavy (non-hydrogen) atoms. The molecule has 1 aliphatic carbocycles. The minimum Gasteiger partial charge on any atom is -0.497 e. The molecule has 118 valence electrons. The Morgan fingerprint density at radius 3 is 2.38 bits per heavy atom. The number of hydrogen-bond donors (Lipinski definition) is 2. The fraction of sp³-hybridized carbons (Fsp3) is 0.562. The smallest absolute Gasteiger partial charge is 0.189 e. The molecule has 0 aliphatic heterocycles. The molecular weight excluding hydrogens is 377 g/mol. The Bertz CT molecular complexity index is 426. The maximum atomic E-state index is 5.97. The molecule has 1 aromatic rings. The molecule has 0 bridgehead atoms. The van der Waals surface area contributed by atoms with E-state index in [1.54, 1.807) is 7.11 Å². The number of nitrogens with two attached hydrogens (primary N) is 1. The van der Waals surface area contributed by atoms with Gasteiger partial charge in [-0.25, -0.2) is 4.99 Å². The van der Waals surface area contributed by atoms with Crippen LogP contribution in [0.3, 0.4) is 0 Å². The molecule has 0 aromatic heterocycles. The lowest BCUT2D eigenvalue weighted by Crippen LogP contribution is -2.39. The minimum absolute atomic E-state index is 0. The number of benzene rings is 1. The molecule has 1 aromatic carbocycles. The van der Waals surface area contributed by atoms with Gasteiger partial charge in [0.2, 0.25) is 0 Å². The monoisotopic (exact) mass is 403 g/mol. The van der Waals surface area contributed by atoms with Crippen LogP contribution >= 0.6 is 24.0 Å². The fourth-order valence-electron chi connectivity index (χ4n) is 2.59. The molecule has 3 N–H and O–H groups in total. The van der Waals surface area contributed by atoms with Crippen LogP contribution < -0.4 is 15.8 Å². The first-order valence-electron chi connectivity index (χ1n) is 7.47. The van der Waals surface area contributed by atoms with Crippen LogP contribution in [0.1, 0.15) is 44.1 Å². The average molecular weight is 403 g/mol. The van der Waals surface area contributed by atoms with Crippen molar-refractivity contribution in [3.05, 3.63) is 29.8 Å². The van der Waals surface area contributed by atoms with Gasteiger partial charge < -0.3 is 15.8 Å². The molecule has 0 unspecified atom stereocenters. The predicted octanol–water partition coefficient (Wildman–Crippen LogP) is 3.44. The number of nitrogens with zero attached hydrogens (tertiary/aromatic N) is 1. The lowest BCUT2D eigenvalue weighted by Gasteiger charge is -2.16. The van der Waals surface area contributed by atoms with Crippen molar-refractivity contribution in [2.45, 2.75) is 51.1 Å². The summed E-state index contributed by atoms with van der Waals surface area (Å²) in [5.74, 6) is 1.43. The Morgan fingerprint density at radius 2 is 1.81 bits per heavy atom. The van der Waals surface area contributed by atoms with Crippen molar-refractivity contribution in [2.24, 2.45) is 10.7 Å². The number of guanidine groups is 1. The summed E-state index contributed by atoms with van der Waals surface area (Å²) < 4.78 is 5.13. The Hall–Kier alpha value is -0.980. The standard InChI is InChI=1S/C16H25N3O.HI/c1-20-15-10-8-13(9-11-15)12-18-16(17)19-14-6-4-2-3-5-7-14;/h8-11,14H,2-7,12H2,1H3,(H3,17,18,19);1H. The lowest BCUT2D eigenvalue weighted by molar-refractivity contribution is 0.414. The van der Waals surface area contributed by atoms with E-state index in [4.69, 9.17) is 10.5 Å². The number of ether oxygens (including phenoxy) is 1. The summed E-state index contributed by atoms with van der Waals surface area (Å²) in [6, 6.07) is 8.42. The molecule has 2 rings (SSSR count). The van der Waals surface area contributed by atoms with Crippen molar-refractivity contribution in [3.8, 4) is 5.75 Å². The SMILES string of the molecule is COc1ccc(CN=C(N)NC2CCCCCC2)cc1.I. The second kappa shape index (κ2) is 9.87. The Kier molecular flexibility index (Phi) is 8.49. The van der Waals surface area contributed by atoms with Gasteiger partial charge in [-0.05, 0) is 30.5 Å². The Labute approximate surface area is 144 Å². The molecule has 0 saturated heterocycles. The van der Waals surface area contributed by atoms with E-state index in [1.807, 2.05) is 24.3 Å². The Balaban J connectivity index is 0.00000220. The van der Waals surface area contributed by atoms with Crippen molar-refractivity contribution >= 4 is 29.9 Å². The lowest BCUT2D eigenvalue weighted by atomic mass is 10.1. The molecule has 1 fully saturated rings. The van der Waals surface area contributed by atoms with Crippen molar-refractivity contribution in [1.29, 1.82) is 0 Å². The summed E-state index contributed by atoms with van der Waals surface area (Å²) in [6.45, 7) is 0.607. The maximum Gasteiger partial charge on any atom is 0.189 e. The van der Waals surface area contributed by atoms with E-state index in [-0.39, 0.29) is 24.0 Å². The molecule has 1 aliphatic rings. The third-order valence-corrected chi connectivity index (χ3v) is 3.80. The van der Waals surface area contributed by atoms with Crippen molar-refractivity contribution < 1.29 is 4.74 Å². The second-order valence-corrected chi connectivity index (χ2v) is 5.38. The van der Waals surface area contributed by atoms with Gasteiger partial charge in [0.15, 0.2) is 5.96 Å². The van der Waals surface area contributed by atoms with Crippen molar-refractivity contribution in [1.82, 2.24) is 5.32 Å². The first-order chi connectivity index (χ1) is 9.78. The van der Waals surface area contributed by atoms with Gasteiger partial charge in [0.1, 0.15) is 5.75 Å². The second-order valence-electron chi connectivity index (χ2n) is 5.38. The molecule has 1 saturated carbocycles. The van der Waals surface area contributed by atoms with Crippen LogP contribution in [0.2, 0.25) is 0 Å². The zero-order valence-electron chi connectivity index (χ0n) is 12.7. The number of hydrogen-bond acceptors (Lipinski definition) is 2. The van der Waals surface area contributed by atoms with Gasteiger partial charge in [0.25, 0.3) is 0 Å². The summed E-state index contributed by atoms with van der Waals surface area (Å²) in [6.07, 6.45) is 7.70. The highest BCUT2D eigenvalue weighted by atomic mass is 127. The van der Waals surface area contributed by atoms with Gasteiger partial charge in [-0.15, -0.1) is 24.0 Å². The number of methoxy groups -OCH3 is 1. The van der Waals surface area contributed by atoms with Gasteiger partial charge in [-0.3, -0.25) is 0 Å². The van der Waals surface area contributed by atoms with Crippen LogP contribution in [-0.4, -0.2) is 19.1 Å². The van der Waals surface area contributed by atoms with Crippen molar-refractivity contribution in [3.63, 3.8) is 0 Å². The van der Waals surface area contributed by atoms with Crippen LogP contribution in [-0.2, 0) is 6.54 Å². The van der Waals surface area contributed by atoms with Crippen LogP contribution in [0.5, 0.6) is 5.75 Å². The number of aliphatic imine (C=N–C) groups is 1. The van der Waals surface area contributed by atoms with Gasteiger partial charge >= 0.3 is 0 Å². The van der Waals surface area contributed by atoms with Gasteiger partial charge in [-0.2, -0.15) is 0 Å². The normalized spacial score (nSPS) is 16.7. The van der Waals surface area contributed by atoms with Crippen LogP contribution in [0.25, 0.3) is 0 Å². The molecule has 5 heteroatoms. The van der Waals surface area contributed by atoms with E-state index in [1.165, 1.54) is 38.5 Å². The average Bonchev–Trinajstić information content (AvgIpc) is 2.74. The highest BCUT2D eigenvalue weighted by molar-refractivity contribution is 14.0. The van der Waals surface area contributed by atoms with Gasteiger partial charge in [0.05, 0.1) is 13.7 Å². The van der Waals surface area contributed by atoms with Gasteiger partial charge in [-0.1, -0.05) is 37.8 Å². The summed E-state index contributed by atoms with van der Waals surface area (Å²) in [4.78, 5) is 4.42. The molecule has 0 radical (unpaired) electrons. The number of rotatable bonds is 4. The molecule has 0 amide bonds. The maximum absolute atomic E-state index is 5.97. The van der Waals surface area contributed by atoms with E-state index >= 15 is 0 Å². The zero-order valence-corrected chi connectivity index (χ0v) is 15.0. The highest BCUT2D eigenvalue weighted by Gasteiger charge is 2.12. The number of halogens is 1. The highest BCUT2D eigenvalue weighted by Crippen LogP contribution is 2.17. The Morgan fingerprint density at radius 1 is 1.19 bits per heavy atom. The van der Waals surface area contributed by atoms with E-state index < -0.39 is 0 Å². The summed E-state index contributed by atoms with van der Waals surface area (Å²) in [5.41, 5.74) is 7.11. The third-order valence-electron chi connectivity index (χ3n) is 3.80. The van der Waals surface area contributed by atoms with Gasteiger partial charge in [0, 0.05) is 6.04 Å². The van der Waals surface area contributed by atoms with E-state index in [9.17, 15) is 0 Å². The van der Waals surface area contributed by atoms with E-state index in [0.29, 0.717) is 18.5 Å². The zero-order chi connectivity index (χ0) is 14.2. The minimum atomic E-state index is 0. The van der Waals surface area contributed by atoms with Crippen LogP contribution in [0.15, 0.2) is 29.3 Å². The molecule has 0 atom stereocenters. The molecule has 0 heterocycles. The number of nitrogens with one attached hydrogen (secondary N) is 1. The van der Waals surface area contributed by atoms with Crippen LogP contribution in [0.4, 0.5) is 0 Å².